The lowest BCUT2D eigenvalue weighted by Gasteiger charge is -2.13. The van der Waals surface area contributed by atoms with Gasteiger partial charge in [0.2, 0.25) is 0 Å². The molecule has 0 aromatic heterocycles. The molecule has 0 saturated carbocycles. The normalized spacial score (nSPS) is 12.5. The molecule has 2 nitrogen and oxygen atoms in total. The Hall–Kier alpha value is -1.32. The van der Waals surface area contributed by atoms with Crippen molar-refractivity contribution in [1.82, 2.24) is 0 Å². The summed E-state index contributed by atoms with van der Waals surface area (Å²) in [4.78, 5) is 0. The van der Waals surface area contributed by atoms with Crippen molar-refractivity contribution in [3.8, 4) is 5.75 Å². The smallest absolute Gasteiger partial charge is 0.387 e. The Kier molecular flexibility index (Phi) is 5.73. The molecule has 0 aliphatic heterocycles. The Morgan fingerprint density at radius 3 is 2.76 bits per heavy atom. The van der Waals surface area contributed by atoms with Gasteiger partial charge in [0.05, 0.1) is 0 Å². The van der Waals surface area contributed by atoms with Crippen LogP contribution in [0.2, 0.25) is 0 Å². The summed E-state index contributed by atoms with van der Waals surface area (Å²) >= 11 is 0. The molecule has 1 unspecified atom stereocenters. The molecule has 0 bridgehead atoms. The summed E-state index contributed by atoms with van der Waals surface area (Å²) in [6.07, 6.45) is 2.30. The van der Waals surface area contributed by atoms with Gasteiger partial charge in [-0.15, -0.1) is 0 Å². The second-order valence-corrected chi connectivity index (χ2v) is 4.18. The third kappa shape index (κ3) is 5.52. The number of ether oxygens (including phenoxy) is 1. The first-order valence-electron chi connectivity index (χ1n) is 5.90. The van der Waals surface area contributed by atoms with E-state index in [0.717, 1.165) is 25.1 Å². The van der Waals surface area contributed by atoms with Crippen molar-refractivity contribution in [3.63, 3.8) is 0 Å². The van der Waals surface area contributed by atoms with Crippen LogP contribution in [0.4, 0.5) is 14.5 Å². The number of nitrogens with one attached hydrogen (secondary N) is 1. The Bertz CT molecular complexity index is 331. The quantitative estimate of drug-likeness (QED) is 0.777. The third-order valence-corrected chi connectivity index (χ3v) is 2.50. The fraction of sp³-hybridized carbons (Fsp3) is 0.538. The summed E-state index contributed by atoms with van der Waals surface area (Å²) in [5, 5.41) is 3.22. The molecule has 1 rings (SSSR count). The van der Waals surface area contributed by atoms with Crippen LogP contribution in [0.15, 0.2) is 24.3 Å². The van der Waals surface area contributed by atoms with E-state index in [0.29, 0.717) is 5.92 Å². The van der Waals surface area contributed by atoms with E-state index in [1.165, 1.54) is 6.07 Å². The van der Waals surface area contributed by atoms with Crippen molar-refractivity contribution >= 4 is 5.69 Å². The summed E-state index contributed by atoms with van der Waals surface area (Å²) in [6, 6.07) is 6.65. The number of halogens is 2. The van der Waals surface area contributed by atoms with Gasteiger partial charge in [0.25, 0.3) is 0 Å². The van der Waals surface area contributed by atoms with Crippen LogP contribution in [-0.2, 0) is 0 Å². The molecule has 1 aromatic rings. The molecule has 1 N–H and O–H groups in total. The lowest BCUT2D eigenvalue weighted by molar-refractivity contribution is -0.0498. The highest BCUT2D eigenvalue weighted by molar-refractivity contribution is 5.48. The van der Waals surface area contributed by atoms with E-state index in [1.807, 2.05) is 6.07 Å². The van der Waals surface area contributed by atoms with E-state index >= 15 is 0 Å². The van der Waals surface area contributed by atoms with E-state index in [9.17, 15) is 8.78 Å². The minimum atomic E-state index is -2.77. The van der Waals surface area contributed by atoms with Crippen LogP contribution in [0, 0.1) is 5.92 Å². The number of alkyl halides is 2. The van der Waals surface area contributed by atoms with Gasteiger partial charge in [-0.2, -0.15) is 8.78 Å². The maximum absolute atomic E-state index is 12.0. The van der Waals surface area contributed by atoms with Crippen LogP contribution in [0.1, 0.15) is 26.7 Å². The van der Waals surface area contributed by atoms with E-state index in [-0.39, 0.29) is 5.75 Å². The molecular weight excluding hydrogens is 224 g/mol. The maximum atomic E-state index is 12.0. The van der Waals surface area contributed by atoms with Crippen molar-refractivity contribution in [1.29, 1.82) is 0 Å². The largest absolute Gasteiger partial charge is 0.435 e. The molecule has 0 aliphatic carbocycles. The van der Waals surface area contributed by atoms with Crippen LogP contribution in [-0.4, -0.2) is 13.2 Å². The molecule has 0 spiro atoms. The second-order valence-electron chi connectivity index (χ2n) is 4.18. The van der Waals surface area contributed by atoms with E-state index < -0.39 is 6.61 Å². The van der Waals surface area contributed by atoms with Gasteiger partial charge in [0.1, 0.15) is 5.75 Å². The van der Waals surface area contributed by atoms with Crippen molar-refractivity contribution in [2.45, 2.75) is 33.3 Å². The zero-order valence-electron chi connectivity index (χ0n) is 10.2. The molecule has 1 aromatic carbocycles. The highest BCUT2D eigenvalue weighted by Gasteiger charge is 2.05. The third-order valence-electron chi connectivity index (χ3n) is 2.50. The van der Waals surface area contributed by atoms with Gasteiger partial charge in [0, 0.05) is 18.3 Å². The molecule has 96 valence electrons. The average molecular weight is 243 g/mol. The SMILES string of the molecule is CCCC(C)CNc1cccc(OC(F)F)c1. The minimum absolute atomic E-state index is 0.188. The molecule has 4 heteroatoms. The zero-order chi connectivity index (χ0) is 12.7. The van der Waals surface area contributed by atoms with Crippen LogP contribution in [0.25, 0.3) is 0 Å². The van der Waals surface area contributed by atoms with Crippen LogP contribution in [0.5, 0.6) is 5.75 Å². The Balaban J connectivity index is 2.48. The van der Waals surface area contributed by atoms with E-state index in [2.05, 4.69) is 23.9 Å². The Morgan fingerprint density at radius 1 is 1.35 bits per heavy atom. The lowest BCUT2D eigenvalue weighted by atomic mass is 10.1. The Morgan fingerprint density at radius 2 is 2.12 bits per heavy atom. The molecular formula is C13H19F2NO. The summed E-state index contributed by atoms with van der Waals surface area (Å²) < 4.78 is 28.4. The molecule has 0 fully saturated rings. The van der Waals surface area contributed by atoms with Crippen molar-refractivity contribution < 1.29 is 13.5 Å². The topological polar surface area (TPSA) is 21.3 Å². The van der Waals surface area contributed by atoms with Gasteiger partial charge in [-0.05, 0) is 24.5 Å². The van der Waals surface area contributed by atoms with Crippen LogP contribution < -0.4 is 10.1 Å². The summed E-state index contributed by atoms with van der Waals surface area (Å²) in [7, 11) is 0. The van der Waals surface area contributed by atoms with Crippen molar-refractivity contribution in [3.05, 3.63) is 24.3 Å². The van der Waals surface area contributed by atoms with Crippen molar-refractivity contribution in [2.24, 2.45) is 5.92 Å². The standard InChI is InChI=1S/C13H19F2NO/c1-3-5-10(2)9-16-11-6-4-7-12(8-11)17-13(14)15/h4,6-8,10,13,16H,3,5,9H2,1-2H3. The van der Waals surface area contributed by atoms with Gasteiger partial charge < -0.3 is 10.1 Å². The molecule has 0 aliphatic rings. The first-order chi connectivity index (χ1) is 8.11. The average Bonchev–Trinajstić information content (AvgIpc) is 2.26. The van der Waals surface area contributed by atoms with E-state index in [1.54, 1.807) is 12.1 Å². The fourth-order valence-electron chi connectivity index (χ4n) is 1.67. The molecule has 0 amide bonds. The number of hydrogen-bond donors (Lipinski definition) is 1. The first kappa shape index (κ1) is 13.7. The number of hydrogen-bond acceptors (Lipinski definition) is 2. The Labute approximate surface area is 101 Å². The van der Waals surface area contributed by atoms with Gasteiger partial charge in [-0.1, -0.05) is 26.3 Å². The van der Waals surface area contributed by atoms with Gasteiger partial charge >= 0.3 is 6.61 Å². The molecule has 0 saturated heterocycles. The molecule has 0 radical (unpaired) electrons. The van der Waals surface area contributed by atoms with Gasteiger partial charge in [0.15, 0.2) is 0 Å². The zero-order valence-corrected chi connectivity index (χ0v) is 10.2. The number of rotatable bonds is 7. The number of anilines is 1. The van der Waals surface area contributed by atoms with Gasteiger partial charge in [-0.3, -0.25) is 0 Å². The summed E-state index contributed by atoms with van der Waals surface area (Å²) in [6.45, 7) is 2.37. The van der Waals surface area contributed by atoms with E-state index in [4.69, 9.17) is 0 Å². The monoisotopic (exact) mass is 243 g/mol. The first-order valence-corrected chi connectivity index (χ1v) is 5.90. The predicted molar refractivity (Wildman–Crippen MR) is 65.6 cm³/mol. The summed E-state index contributed by atoms with van der Waals surface area (Å²) in [5.41, 5.74) is 0.811. The number of benzene rings is 1. The highest BCUT2D eigenvalue weighted by Crippen LogP contribution is 2.19. The second kappa shape index (κ2) is 7.09. The lowest BCUT2D eigenvalue weighted by Crippen LogP contribution is -2.11. The highest BCUT2D eigenvalue weighted by atomic mass is 19.3. The van der Waals surface area contributed by atoms with Gasteiger partial charge in [-0.25, -0.2) is 0 Å². The van der Waals surface area contributed by atoms with Crippen molar-refractivity contribution in [2.75, 3.05) is 11.9 Å². The molecule has 0 heterocycles. The van der Waals surface area contributed by atoms with Crippen LogP contribution in [0.3, 0.4) is 0 Å². The fourth-order valence-corrected chi connectivity index (χ4v) is 1.67. The minimum Gasteiger partial charge on any atom is -0.435 e. The maximum Gasteiger partial charge on any atom is 0.387 e. The molecule has 1 atom stereocenters. The van der Waals surface area contributed by atoms with Crippen LogP contribution >= 0.6 is 0 Å². The summed E-state index contributed by atoms with van der Waals surface area (Å²) in [5.74, 6) is 0.757. The predicted octanol–water partition coefficient (Wildman–Crippen LogP) is 4.14. The molecule has 17 heavy (non-hydrogen) atoms.